The third kappa shape index (κ3) is 5.96. The first kappa shape index (κ1) is 19.0. The van der Waals surface area contributed by atoms with Crippen LogP contribution in [0.25, 0.3) is 0 Å². The molecule has 2 rings (SSSR count). The maximum absolute atomic E-state index is 12.2. The lowest BCUT2D eigenvalue weighted by Gasteiger charge is -2.35. The molecule has 0 aromatic heterocycles. The number of nitrogens with zero attached hydrogens (tertiary/aromatic N) is 3. The maximum Gasteiger partial charge on any atom is 0.236 e. The van der Waals surface area contributed by atoms with Gasteiger partial charge in [-0.25, -0.2) is 0 Å². The zero-order chi connectivity index (χ0) is 17.4. The van der Waals surface area contributed by atoms with Gasteiger partial charge in [-0.15, -0.1) is 0 Å². The van der Waals surface area contributed by atoms with Crippen LogP contribution in [0, 0.1) is 0 Å². The van der Waals surface area contributed by atoms with Crippen LogP contribution in [0.2, 0.25) is 5.02 Å². The predicted octanol–water partition coefficient (Wildman–Crippen LogP) is 2.20. The van der Waals surface area contributed by atoms with Gasteiger partial charge in [0.25, 0.3) is 0 Å². The summed E-state index contributed by atoms with van der Waals surface area (Å²) in [5, 5.41) is 0.694. The number of halogens is 1. The summed E-state index contributed by atoms with van der Waals surface area (Å²) in [6, 6.07) is 7.48. The first-order valence-electron chi connectivity index (χ1n) is 8.73. The smallest absolute Gasteiger partial charge is 0.236 e. The molecule has 1 heterocycles. The van der Waals surface area contributed by atoms with E-state index in [0.717, 1.165) is 51.6 Å². The lowest BCUT2D eigenvalue weighted by atomic mass is 10.3. The number of rotatable bonds is 8. The van der Waals surface area contributed by atoms with Crippen molar-refractivity contribution in [3.8, 4) is 5.75 Å². The minimum absolute atomic E-state index is 0.234. The van der Waals surface area contributed by atoms with Gasteiger partial charge in [0.15, 0.2) is 0 Å². The summed E-state index contributed by atoms with van der Waals surface area (Å²) in [7, 11) is 0. The van der Waals surface area contributed by atoms with Crippen molar-refractivity contribution < 1.29 is 9.53 Å². The molecule has 6 heteroatoms. The Morgan fingerprint density at radius 2 is 1.83 bits per heavy atom. The number of hydrogen-bond donors (Lipinski definition) is 0. The third-order valence-corrected chi connectivity index (χ3v) is 4.65. The molecule has 0 saturated carbocycles. The SMILES string of the molecule is CCN(CC)C(=O)CN1CCN(CCOc2cccc(Cl)c2)CC1. The highest BCUT2D eigenvalue weighted by molar-refractivity contribution is 6.30. The molecule has 0 N–H and O–H groups in total. The molecule has 134 valence electrons. The molecule has 1 saturated heterocycles. The van der Waals surface area contributed by atoms with E-state index in [4.69, 9.17) is 16.3 Å². The molecular weight excluding hydrogens is 326 g/mol. The van der Waals surface area contributed by atoms with Gasteiger partial charge in [-0.2, -0.15) is 0 Å². The van der Waals surface area contributed by atoms with Crippen LogP contribution >= 0.6 is 11.6 Å². The number of amides is 1. The molecule has 1 aliphatic heterocycles. The standard InChI is InChI=1S/C18H28ClN3O2/c1-3-22(4-2)18(23)15-21-10-8-20(9-11-21)12-13-24-17-7-5-6-16(19)14-17/h5-7,14H,3-4,8-13,15H2,1-2H3. The number of carbonyl (C=O) groups is 1. The first-order chi connectivity index (χ1) is 11.6. The lowest BCUT2D eigenvalue weighted by molar-refractivity contribution is -0.132. The highest BCUT2D eigenvalue weighted by Crippen LogP contribution is 2.17. The van der Waals surface area contributed by atoms with Crippen LogP contribution in [0.15, 0.2) is 24.3 Å². The second kappa shape index (κ2) is 9.87. The van der Waals surface area contributed by atoms with E-state index in [1.165, 1.54) is 0 Å². The van der Waals surface area contributed by atoms with Gasteiger partial charge < -0.3 is 9.64 Å². The van der Waals surface area contributed by atoms with Crippen LogP contribution in [-0.4, -0.2) is 79.6 Å². The molecule has 1 fully saturated rings. The van der Waals surface area contributed by atoms with Crippen molar-refractivity contribution in [3.05, 3.63) is 29.3 Å². The molecule has 1 aromatic carbocycles. The molecule has 0 aliphatic carbocycles. The Hall–Kier alpha value is -1.30. The van der Waals surface area contributed by atoms with E-state index in [1.807, 2.05) is 43.0 Å². The van der Waals surface area contributed by atoms with E-state index >= 15 is 0 Å². The van der Waals surface area contributed by atoms with Gasteiger partial charge >= 0.3 is 0 Å². The first-order valence-corrected chi connectivity index (χ1v) is 9.11. The summed E-state index contributed by atoms with van der Waals surface area (Å²) in [6.07, 6.45) is 0. The molecular formula is C18H28ClN3O2. The maximum atomic E-state index is 12.2. The molecule has 1 aromatic rings. The van der Waals surface area contributed by atoms with Crippen molar-refractivity contribution in [2.45, 2.75) is 13.8 Å². The van der Waals surface area contributed by atoms with E-state index in [9.17, 15) is 4.79 Å². The fourth-order valence-corrected chi connectivity index (χ4v) is 3.07. The number of hydrogen-bond acceptors (Lipinski definition) is 4. The van der Waals surface area contributed by atoms with Crippen LogP contribution in [0.5, 0.6) is 5.75 Å². The Kier molecular flexibility index (Phi) is 7.82. The van der Waals surface area contributed by atoms with Crippen LogP contribution in [0.4, 0.5) is 0 Å². The Labute approximate surface area is 150 Å². The van der Waals surface area contributed by atoms with Crippen molar-refractivity contribution in [2.75, 3.05) is 59.0 Å². The van der Waals surface area contributed by atoms with Crippen molar-refractivity contribution in [3.63, 3.8) is 0 Å². The van der Waals surface area contributed by atoms with Crippen LogP contribution in [0.1, 0.15) is 13.8 Å². The van der Waals surface area contributed by atoms with E-state index < -0.39 is 0 Å². The summed E-state index contributed by atoms with van der Waals surface area (Å²) in [4.78, 5) is 18.7. The molecule has 24 heavy (non-hydrogen) atoms. The molecule has 0 unspecified atom stereocenters. The number of carbonyl (C=O) groups excluding carboxylic acids is 1. The Bertz CT molecular complexity index is 515. The topological polar surface area (TPSA) is 36.0 Å². The largest absolute Gasteiger partial charge is 0.492 e. The van der Waals surface area contributed by atoms with Gasteiger partial charge in [-0.3, -0.25) is 14.6 Å². The van der Waals surface area contributed by atoms with E-state index in [1.54, 1.807) is 0 Å². The summed E-state index contributed by atoms with van der Waals surface area (Å²) < 4.78 is 5.74. The Morgan fingerprint density at radius 3 is 2.46 bits per heavy atom. The van der Waals surface area contributed by atoms with Gasteiger partial charge in [0.1, 0.15) is 12.4 Å². The Balaban J connectivity index is 1.65. The molecule has 0 atom stereocenters. The number of piperazine rings is 1. The average molecular weight is 354 g/mol. The summed E-state index contributed by atoms with van der Waals surface area (Å²) in [6.45, 7) is 11.5. The van der Waals surface area contributed by atoms with Crippen LogP contribution < -0.4 is 4.74 Å². The fourth-order valence-electron chi connectivity index (χ4n) is 2.89. The highest BCUT2D eigenvalue weighted by atomic mass is 35.5. The molecule has 1 amide bonds. The van der Waals surface area contributed by atoms with Crippen molar-refractivity contribution in [2.24, 2.45) is 0 Å². The number of benzene rings is 1. The second-order valence-corrected chi connectivity index (χ2v) is 6.43. The van der Waals surface area contributed by atoms with Gasteiger partial charge in [-0.1, -0.05) is 17.7 Å². The second-order valence-electron chi connectivity index (χ2n) is 5.99. The number of ether oxygens (including phenoxy) is 1. The average Bonchev–Trinajstić information content (AvgIpc) is 2.58. The molecule has 0 spiro atoms. The summed E-state index contributed by atoms with van der Waals surface area (Å²) in [5.41, 5.74) is 0. The number of likely N-dealkylation sites (N-methyl/N-ethyl adjacent to an activating group) is 1. The minimum atomic E-state index is 0.234. The zero-order valence-electron chi connectivity index (χ0n) is 14.7. The van der Waals surface area contributed by atoms with Gasteiger partial charge in [-0.05, 0) is 32.0 Å². The molecule has 1 aliphatic rings. The normalized spacial score (nSPS) is 16.1. The molecule has 0 radical (unpaired) electrons. The third-order valence-electron chi connectivity index (χ3n) is 4.41. The zero-order valence-corrected chi connectivity index (χ0v) is 15.5. The van der Waals surface area contributed by atoms with Crippen LogP contribution in [0.3, 0.4) is 0 Å². The molecule has 5 nitrogen and oxygen atoms in total. The monoisotopic (exact) mass is 353 g/mol. The lowest BCUT2D eigenvalue weighted by Crippen LogP contribution is -2.50. The van der Waals surface area contributed by atoms with Gasteiger partial charge in [0.05, 0.1) is 6.54 Å². The molecule has 0 bridgehead atoms. The Morgan fingerprint density at radius 1 is 1.17 bits per heavy atom. The van der Waals surface area contributed by atoms with E-state index in [-0.39, 0.29) is 5.91 Å². The quantitative estimate of drug-likeness (QED) is 0.718. The van der Waals surface area contributed by atoms with Crippen molar-refractivity contribution >= 4 is 17.5 Å². The van der Waals surface area contributed by atoms with Crippen molar-refractivity contribution in [1.82, 2.24) is 14.7 Å². The predicted molar refractivity (Wildman–Crippen MR) is 97.8 cm³/mol. The summed E-state index contributed by atoms with van der Waals surface area (Å²) >= 11 is 5.95. The van der Waals surface area contributed by atoms with Crippen molar-refractivity contribution in [1.29, 1.82) is 0 Å². The van der Waals surface area contributed by atoms with Crippen LogP contribution in [-0.2, 0) is 4.79 Å². The van der Waals surface area contributed by atoms with E-state index in [0.29, 0.717) is 18.2 Å². The minimum Gasteiger partial charge on any atom is -0.492 e. The van der Waals surface area contributed by atoms with Gasteiger partial charge in [0.2, 0.25) is 5.91 Å². The van der Waals surface area contributed by atoms with Gasteiger partial charge in [0, 0.05) is 50.8 Å². The summed E-state index contributed by atoms with van der Waals surface area (Å²) in [5.74, 6) is 1.05. The van der Waals surface area contributed by atoms with E-state index in [2.05, 4.69) is 9.80 Å². The highest BCUT2D eigenvalue weighted by Gasteiger charge is 2.20. The fraction of sp³-hybridized carbons (Fsp3) is 0.611.